The second-order valence-electron chi connectivity index (χ2n) is 10.6. The predicted octanol–water partition coefficient (Wildman–Crippen LogP) is 5.33. The molecule has 0 saturated carbocycles. The summed E-state index contributed by atoms with van der Waals surface area (Å²) < 4.78 is 9.20. The Balaban J connectivity index is 2.00. The molecule has 3 amide bonds. The number of benzene rings is 3. The minimum absolute atomic E-state index is 0.0536. The van der Waals surface area contributed by atoms with Crippen molar-refractivity contribution in [3.63, 3.8) is 0 Å². The molecule has 0 radical (unpaired) electrons. The highest BCUT2D eigenvalue weighted by molar-refractivity contribution is 8.00. The molecule has 2 atom stereocenters. The molecule has 0 saturated heterocycles. The first-order chi connectivity index (χ1) is 22.2. The molecule has 3 N–H and O–H groups in total. The first kappa shape index (κ1) is 35.6. The van der Waals surface area contributed by atoms with E-state index in [1.165, 1.54) is 31.0 Å². The van der Waals surface area contributed by atoms with Crippen LogP contribution in [0.5, 0.6) is 0 Å². The quantitative estimate of drug-likeness (QED) is 0.0886. The first-order valence-corrected chi connectivity index (χ1v) is 15.9. The highest BCUT2D eigenvalue weighted by atomic mass is 32.2. The van der Waals surface area contributed by atoms with Crippen LogP contribution in [0.25, 0.3) is 0 Å². The lowest BCUT2D eigenvalue weighted by Crippen LogP contribution is -2.52. The SMILES string of the molecule is C=CCOC(=O)N[C@@H](CSC(c1ccccc1)(c1ccccc1)c1ccccc1)C(=O)N/C(=C\C)C(=O)N[C@@H](C(=O)OC)C(C)C. The maximum atomic E-state index is 13.8. The second-order valence-corrected chi connectivity index (χ2v) is 11.8. The van der Waals surface area contributed by atoms with Crippen molar-refractivity contribution in [1.82, 2.24) is 16.0 Å². The number of carbonyl (C=O) groups excluding carboxylic acids is 4. The van der Waals surface area contributed by atoms with Crippen LogP contribution in [0.4, 0.5) is 4.79 Å². The number of methoxy groups -OCH3 is 1. The van der Waals surface area contributed by atoms with E-state index < -0.39 is 40.7 Å². The summed E-state index contributed by atoms with van der Waals surface area (Å²) in [5.74, 6) is -2.10. The standard InChI is InChI=1S/C36H41N3O6S/c1-6-23-45-35(43)38-30(33(41)37-29(7-2)32(40)39-31(25(3)4)34(42)44-5)24-46-36(26-17-11-8-12-18-26,27-19-13-9-14-20-27)28-21-15-10-16-22-28/h6-22,25,30-31H,1,23-24H2,2-5H3,(H,37,41)(H,38,43)(H,39,40)/b29-7-/t30-,31+/m0/s1. The van der Waals surface area contributed by atoms with Gasteiger partial charge in [-0.25, -0.2) is 9.59 Å². The van der Waals surface area contributed by atoms with Gasteiger partial charge < -0.3 is 25.4 Å². The third-order valence-electron chi connectivity index (χ3n) is 7.15. The Bertz CT molecular complexity index is 1400. The van der Waals surface area contributed by atoms with Crippen LogP contribution in [0, 0.1) is 5.92 Å². The molecule has 242 valence electrons. The van der Waals surface area contributed by atoms with Gasteiger partial charge in [-0.2, -0.15) is 0 Å². The molecule has 10 heteroatoms. The molecule has 3 aromatic carbocycles. The van der Waals surface area contributed by atoms with Gasteiger partial charge in [-0.3, -0.25) is 9.59 Å². The predicted molar refractivity (Wildman–Crippen MR) is 181 cm³/mol. The van der Waals surface area contributed by atoms with Crippen molar-refractivity contribution in [3.8, 4) is 0 Å². The maximum absolute atomic E-state index is 13.8. The lowest BCUT2D eigenvalue weighted by atomic mass is 9.84. The van der Waals surface area contributed by atoms with E-state index in [4.69, 9.17) is 9.47 Å². The Hall–Kier alpha value is -4.83. The van der Waals surface area contributed by atoms with Gasteiger partial charge in [0.2, 0.25) is 5.91 Å². The first-order valence-electron chi connectivity index (χ1n) is 14.9. The van der Waals surface area contributed by atoms with Gasteiger partial charge in [0.05, 0.1) is 11.9 Å². The lowest BCUT2D eigenvalue weighted by Gasteiger charge is -2.36. The average Bonchev–Trinajstić information content (AvgIpc) is 3.09. The zero-order valence-electron chi connectivity index (χ0n) is 26.5. The summed E-state index contributed by atoms with van der Waals surface area (Å²) in [5, 5.41) is 7.92. The number of nitrogens with one attached hydrogen (secondary N) is 3. The van der Waals surface area contributed by atoms with Crippen LogP contribution in [0.3, 0.4) is 0 Å². The normalized spacial score (nSPS) is 12.8. The number of hydrogen-bond donors (Lipinski definition) is 3. The number of ether oxygens (including phenoxy) is 2. The van der Waals surface area contributed by atoms with Gasteiger partial charge in [0.1, 0.15) is 24.4 Å². The highest BCUT2D eigenvalue weighted by Crippen LogP contribution is 2.48. The van der Waals surface area contributed by atoms with Crippen LogP contribution in [0.1, 0.15) is 37.5 Å². The van der Waals surface area contributed by atoms with Crippen LogP contribution in [0.2, 0.25) is 0 Å². The zero-order valence-corrected chi connectivity index (χ0v) is 27.3. The summed E-state index contributed by atoms with van der Waals surface area (Å²) in [5.41, 5.74) is 2.84. The molecule has 46 heavy (non-hydrogen) atoms. The third-order valence-corrected chi connectivity index (χ3v) is 8.79. The lowest BCUT2D eigenvalue weighted by molar-refractivity contribution is -0.146. The van der Waals surface area contributed by atoms with Crippen molar-refractivity contribution >= 4 is 35.6 Å². The Kier molecular flexibility index (Phi) is 13.6. The number of thioether (sulfide) groups is 1. The molecular weight excluding hydrogens is 602 g/mol. The Morgan fingerprint density at radius 2 is 1.35 bits per heavy atom. The van der Waals surface area contributed by atoms with Crippen molar-refractivity contribution in [3.05, 3.63) is 132 Å². The van der Waals surface area contributed by atoms with Crippen molar-refractivity contribution in [2.45, 2.75) is 37.6 Å². The smallest absolute Gasteiger partial charge is 0.408 e. The third kappa shape index (κ3) is 9.10. The van der Waals surface area contributed by atoms with Crippen LogP contribution < -0.4 is 16.0 Å². The fourth-order valence-corrected chi connectivity index (χ4v) is 6.36. The van der Waals surface area contributed by atoms with E-state index >= 15 is 0 Å². The van der Waals surface area contributed by atoms with E-state index in [0.29, 0.717) is 0 Å². The van der Waals surface area contributed by atoms with Crippen molar-refractivity contribution in [2.75, 3.05) is 19.5 Å². The Morgan fingerprint density at radius 3 is 1.76 bits per heavy atom. The van der Waals surface area contributed by atoms with Gasteiger partial charge in [0.25, 0.3) is 5.91 Å². The van der Waals surface area contributed by atoms with Gasteiger partial charge in [-0.1, -0.05) is 124 Å². The number of hydrogen-bond acceptors (Lipinski definition) is 7. The Labute approximate surface area is 274 Å². The van der Waals surface area contributed by atoms with Crippen LogP contribution in [0.15, 0.2) is 115 Å². The topological polar surface area (TPSA) is 123 Å². The fraction of sp³-hybridized carbons (Fsp3) is 0.278. The van der Waals surface area contributed by atoms with E-state index in [-0.39, 0.29) is 24.0 Å². The van der Waals surface area contributed by atoms with Gasteiger partial charge in [-0.05, 0) is 29.5 Å². The molecule has 0 bridgehead atoms. The molecule has 0 aliphatic carbocycles. The monoisotopic (exact) mass is 643 g/mol. The van der Waals surface area contributed by atoms with Gasteiger partial charge in [0, 0.05) is 5.75 Å². The molecule has 3 rings (SSSR count). The van der Waals surface area contributed by atoms with Gasteiger partial charge in [-0.15, -0.1) is 11.8 Å². The molecule has 0 aliphatic heterocycles. The molecule has 3 aromatic rings. The van der Waals surface area contributed by atoms with E-state index in [9.17, 15) is 19.2 Å². The van der Waals surface area contributed by atoms with Gasteiger partial charge in [0.15, 0.2) is 0 Å². The molecule has 0 fully saturated rings. The summed E-state index contributed by atoms with van der Waals surface area (Å²) in [7, 11) is 1.24. The van der Waals surface area contributed by atoms with Crippen molar-refractivity contribution in [2.24, 2.45) is 5.92 Å². The highest BCUT2D eigenvalue weighted by Gasteiger charge is 2.39. The van der Waals surface area contributed by atoms with Crippen LogP contribution in [-0.4, -0.2) is 55.4 Å². The molecule has 0 unspecified atom stereocenters. The minimum Gasteiger partial charge on any atom is -0.467 e. The second kappa shape index (κ2) is 17.6. The summed E-state index contributed by atoms with van der Waals surface area (Å²) >= 11 is 1.46. The fourth-order valence-electron chi connectivity index (χ4n) is 4.80. The minimum atomic E-state index is -1.14. The molecule has 0 aliphatic rings. The van der Waals surface area contributed by atoms with E-state index in [0.717, 1.165) is 16.7 Å². The van der Waals surface area contributed by atoms with Crippen molar-refractivity contribution < 1.29 is 28.7 Å². The molecule has 0 aromatic heterocycles. The number of amides is 3. The number of rotatable bonds is 15. The number of allylic oxidation sites excluding steroid dienone is 1. The van der Waals surface area contributed by atoms with Crippen LogP contribution in [-0.2, 0) is 28.6 Å². The number of esters is 1. The number of carbonyl (C=O) groups is 4. The summed E-state index contributed by atoms with van der Waals surface area (Å²) in [6, 6.07) is 27.7. The molecule has 0 heterocycles. The molecule has 9 nitrogen and oxygen atoms in total. The summed E-state index contributed by atoms with van der Waals surface area (Å²) in [4.78, 5) is 52.0. The van der Waals surface area contributed by atoms with Crippen LogP contribution >= 0.6 is 11.8 Å². The Morgan fingerprint density at radius 1 is 0.848 bits per heavy atom. The molecular formula is C36H41N3O6S. The van der Waals surface area contributed by atoms with Crippen molar-refractivity contribution in [1.29, 1.82) is 0 Å². The van der Waals surface area contributed by atoms with E-state index in [2.05, 4.69) is 22.5 Å². The zero-order chi connectivity index (χ0) is 33.5. The van der Waals surface area contributed by atoms with Gasteiger partial charge >= 0.3 is 12.1 Å². The number of alkyl carbamates (subject to hydrolysis) is 1. The summed E-state index contributed by atoms with van der Waals surface area (Å²) in [6.45, 7) is 8.62. The van der Waals surface area contributed by atoms with E-state index in [1.54, 1.807) is 20.8 Å². The summed E-state index contributed by atoms with van der Waals surface area (Å²) in [6.07, 6.45) is 2.02. The average molecular weight is 644 g/mol. The maximum Gasteiger partial charge on any atom is 0.408 e. The molecule has 0 spiro atoms. The largest absolute Gasteiger partial charge is 0.467 e. The van der Waals surface area contributed by atoms with E-state index in [1.807, 2.05) is 91.0 Å².